The molecule has 0 aliphatic carbocycles. The predicted molar refractivity (Wildman–Crippen MR) is 95.5 cm³/mol. The van der Waals surface area contributed by atoms with E-state index in [2.05, 4.69) is 29.0 Å². The number of ether oxygens (including phenoxy) is 1. The van der Waals surface area contributed by atoms with Crippen LogP contribution in [-0.2, 0) is 11.2 Å². The van der Waals surface area contributed by atoms with Crippen molar-refractivity contribution in [2.45, 2.75) is 37.6 Å². The zero-order valence-electron chi connectivity index (χ0n) is 14.1. The number of hydrogen-bond donors (Lipinski definition) is 0. The van der Waals surface area contributed by atoms with Crippen LogP contribution in [0.25, 0.3) is 0 Å². The van der Waals surface area contributed by atoms with Gasteiger partial charge in [0, 0.05) is 56.1 Å². The molecule has 3 aliphatic heterocycles. The van der Waals surface area contributed by atoms with Crippen molar-refractivity contribution in [1.82, 2.24) is 4.90 Å². The number of anilines is 1. The summed E-state index contributed by atoms with van der Waals surface area (Å²) >= 11 is 6.20. The minimum Gasteiger partial charge on any atom is -0.381 e. The fraction of sp³-hybridized carbons (Fsp3) is 0.684. The highest BCUT2D eigenvalue weighted by molar-refractivity contribution is 6.30. The van der Waals surface area contributed by atoms with Crippen molar-refractivity contribution in [2.75, 3.05) is 44.8 Å². The number of nitrogens with zero attached hydrogens (tertiary/aromatic N) is 2. The molecule has 2 saturated heterocycles. The fourth-order valence-corrected chi connectivity index (χ4v) is 4.85. The van der Waals surface area contributed by atoms with Gasteiger partial charge < -0.3 is 14.5 Å². The van der Waals surface area contributed by atoms with E-state index in [-0.39, 0.29) is 0 Å². The van der Waals surface area contributed by atoms with Gasteiger partial charge in [-0.2, -0.15) is 0 Å². The Morgan fingerprint density at radius 1 is 1.22 bits per heavy atom. The van der Waals surface area contributed by atoms with Crippen LogP contribution in [0.3, 0.4) is 0 Å². The molecule has 3 nitrogen and oxygen atoms in total. The van der Waals surface area contributed by atoms with Gasteiger partial charge in [0.15, 0.2) is 0 Å². The van der Waals surface area contributed by atoms with Crippen molar-refractivity contribution in [2.24, 2.45) is 5.92 Å². The Balaban J connectivity index is 1.39. The Morgan fingerprint density at radius 3 is 2.70 bits per heavy atom. The Labute approximate surface area is 144 Å². The van der Waals surface area contributed by atoms with Crippen LogP contribution in [-0.4, -0.2) is 50.3 Å². The molecule has 3 aliphatic rings. The van der Waals surface area contributed by atoms with Gasteiger partial charge in [-0.05, 0) is 55.7 Å². The van der Waals surface area contributed by atoms with Gasteiger partial charge in [0.25, 0.3) is 0 Å². The number of likely N-dealkylation sites (N-methyl/N-ethyl adjacent to an activating group) is 1. The molecule has 126 valence electrons. The van der Waals surface area contributed by atoms with Gasteiger partial charge in [-0.25, -0.2) is 0 Å². The highest BCUT2D eigenvalue weighted by Gasteiger charge is 2.43. The summed E-state index contributed by atoms with van der Waals surface area (Å²) in [7, 11) is 2.26. The van der Waals surface area contributed by atoms with E-state index in [9.17, 15) is 0 Å². The Morgan fingerprint density at radius 2 is 1.96 bits per heavy atom. The van der Waals surface area contributed by atoms with Crippen LogP contribution < -0.4 is 4.90 Å². The van der Waals surface area contributed by atoms with Gasteiger partial charge in [0.05, 0.1) is 0 Å². The molecule has 0 atom stereocenters. The second kappa shape index (κ2) is 6.27. The highest BCUT2D eigenvalue weighted by Crippen LogP contribution is 2.44. The zero-order chi connectivity index (χ0) is 15.9. The van der Waals surface area contributed by atoms with Crippen molar-refractivity contribution in [1.29, 1.82) is 0 Å². The molecule has 1 spiro atoms. The van der Waals surface area contributed by atoms with Crippen molar-refractivity contribution >= 4 is 17.3 Å². The first kappa shape index (κ1) is 15.7. The maximum absolute atomic E-state index is 6.20. The average molecular weight is 335 g/mol. The molecule has 0 unspecified atom stereocenters. The number of hydrogen-bond acceptors (Lipinski definition) is 3. The van der Waals surface area contributed by atoms with Gasteiger partial charge in [-0.15, -0.1) is 0 Å². The molecule has 1 aromatic rings. The molecular weight excluding hydrogens is 308 g/mol. The molecular formula is C19H27ClN2O. The number of rotatable bonds is 2. The summed E-state index contributed by atoms with van der Waals surface area (Å²) in [5.41, 5.74) is 3.13. The normalized spacial score (nSPS) is 25.0. The summed E-state index contributed by atoms with van der Waals surface area (Å²) in [4.78, 5) is 5.20. The smallest absolute Gasteiger partial charge is 0.0469 e. The molecule has 0 amide bonds. The van der Waals surface area contributed by atoms with Crippen LogP contribution in [0, 0.1) is 5.92 Å². The summed E-state index contributed by atoms with van der Waals surface area (Å²) in [5.74, 6) is 0.843. The van der Waals surface area contributed by atoms with Crippen LogP contribution in [0.4, 0.5) is 5.69 Å². The Bertz CT molecular complexity index is 562. The summed E-state index contributed by atoms with van der Waals surface area (Å²) in [6.07, 6.45) is 6.19. The summed E-state index contributed by atoms with van der Waals surface area (Å²) in [5, 5.41) is 0.851. The third-order valence-corrected chi connectivity index (χ3v) is 6.52. The van der Waals surface area contributed by atoms with Crippen LogP contribution in [0.15, 0.2) is 18.2 Å². The van der Waals surface area contributed by atoms with Gasteiger partial charge >= 0.3 is 0 Å². The molecule has 0 N–H and O–H groups in total. The van der Waals surface area contributed by atoms with E-state index in [4.69, 9.17) is 16.3 Å². The van der Waals surface area contributed by atoms with Crippen molar-refractivity contribution in [3.63, 3.8) is 0 Å². The second-order valence-electron chi connectivity index (χ2n) is 7.59. The SMILES string of the molecule is CN1c2cc(Cl)ccc2CC12CCN(CC1CCOCC1)CC2. The molecule has 0 bridgehead atoms. The highest BCUT2D eigenvalue weighted by atomic mass is 35.5. The van der Waals surface area contributed by atoms with E-state index in [1.165, 1.54) is 63.0 Å². The second-order valence-corrected chi connectivity index (χ2v) is 8.03. The maximum Gasteiger partial charge on any atom is 0.0469 e. The van der Waals surface area contributed by atoms with Gasteiger partial charge in [0.2, 0.25) is 0 Å². The Hall–Kier alpha value is -0.770. The van der Waals surface area contributed by atoms with Gasteiger partial charge in [0.1, 0.15) is 0 Å². The lowest BCUT2D eigenvalue weighted by Crippen LogP contribution is -2.53. The number of piperidine rings is 1. The molecule has 3 heterocycles. The Kier molecular flexibility index (Phi) is 4.29. The van der Waals surface area contributed by atoms with E-state index in [1.54, 1.807) is 0 Å². The lowest BCUT2D eigenvalue weighted by molar-refractivity contribution is 0.0452. The average Bonchev–Trinajstić information content (AvgIpc) is 2.83. The molecule has 0 aromatic heterocycles. The van der Waals surface area contributed by atoms with Crippen LogP contribution in [0.2, 0.25) is 5.02 Å². The quantitative estimate of drug-likeness (QED) is 0.822. The van der Waals surface area contributed by atoms with Crippen LogP contribution in [0.1, 0.15) is 31.2 Å². The van der Waals surface area contributed by atoms with Crippen molar-refractivity contribution < 1.29 is 4.74 Å². The molecule has 0 radical (unpaired) electrons. The number of benzene rings is 1. The third-order valence-electron chi connectivity index (χ3n) is 6.28. The summed E-state index contributed by atoms with van der Waals surface area (Å²) in [6, 6.07) is 6.39. The summed E-state index contributed by atoms with van der Waals surface area (Å²) < 4.78 is 5.49. The zero-order valence-corrected chi connectivity index (χ0v) is 14.8. The first-order valence-electron chi connectivity index (χ1n) is 8.99. The number of fused-ring (bicyclic) bond motifs is 1. The van der Waals surface area contributed by atoms with Gasteiger partial charge in [-0.3, -0.25) is 0 Å². The van der Waals surface area contributed by atoms with Crippen molar-refractivity contribution in [3.05, 3.63) is 28.8 Å². The minimum atomic E-state index is 0.319. The monoisotopic (exact) mass is 334 g/mol. The first-order chi connectivity index (χ1) is 11.2. The topological polar surface area (TPSA) is 15.7 Å². The maximum atomic E-state index is 6.20. The fourth-order valence-electron chi connectivity index (χ4n) is 4.69. The molecule has 4 heteroatoms. The largest absolute Gasteiger partial charge is 0.381 e. The molecule has 23 heavy (non-hydrogen) atoms. The van der Waals surface area contributed by atoms with Crippen LogP contribution >= 0.6 is 11.6 Å². The molecule has 4 rings (SSSR count). The number of halogens is 1. The lowest BCUT2D eigenvalue weighted by atomic mass is 9.83. The van der Waals surface area contributed by atoms with Crippen LogP contribution in [0.5, 0.6) is 0 Å². The molecule has 2 fully saturated rings. The van der Waals surface area contributed by atoms with E-state index >= 15 is 0 Å². The third kappa shape index (κ3) is 2.99. The van der Waals surface area contributed by atoms with E-state index in [0.29, 0.717) is 5.54 Å². The predicted octanol–water partition coefficient (Wildman–Crippen LogP) is 3.59. The lowest BCUT2D eigenvalue weighted by Gasteiger charge is -2.45. The molecule has 0 saturated carbocycles. The molecule has 1 aromatic carbocycles. The number of likely N-dealkylation sites (tertiary alicyclic amines) is 1. The van der Waals surface area contributed by atoms with E-state index in [0.717, 1.165) is 24.2 Å². The minimum absolute atomic E-state index is 0.319. The van der Waals surface area contributed by atoms with Gasteiger partial charge in [-0.1, -0.05) is 17.7 Å². The standard InChI is InChI=1S/C19H27ClN2O/c1-21-18-12-17(20)3-2-16(18)13-19(21)6-8-22(9-7-19)14-15-4-10-23-11-5-15/h2-3,12,15H,4-11,13-14H2,1H3. The van der Waals surface area contributed by atoms with E-state index in [1.807, 2.05) is 6.07 Å². The summed E-state index contributed by atoms with van der Waals surface area (Å²) in [6.45, 7) is 5.64. The first-order valence-corrected chi connectivity index (χ1v) is 9.36. The van der Waals surface area contributed by atoms with E-state index < -0.39 is 0 Å². The van der Waals surface area contributed by atoms with Crippen molar-refractivity contribution in [3.8, 4) is 0 Å².